The number of nitrogens with zero attached hydrogens (tertiary/aromatic N) is 1. The topological polar surface area (TPSA) is 48.0 Å². The van der Waals surface area contributed by atoms with Crippen molar-refractivity contribution >= 4 is 6.09 Å². The largest absolute Gasteiger partial charge is 0.493 e. The summed E-state index contributed by atoms with van der Waals surface area (Å²) in [5, 5.41) is 0. The summed E-state index contributed by atoms with van der Waals surface area (Å²) in [5.74, 6) is 1.39. The van der Waals surface area contributed by atoms with E-state index >= 15 is 0 Å². The zero-order chi connectivity index (χ0) is 17.8. The van der Waals surface area contributed by atoms with Gasteiger partial charge in [-0.3, -0.25) is 4.90 Å². The van der Waals surface area contributed by atoms with Crippen LogP contribution < -0.4 is 9.47 Å². The van der Waals surface area contributed by atoms with Crippen molar-refractivity contribution in [2.45, 2.75) is 25.9 Å². The van der Waals surface area contributed by atoms with Gasteiger partial charge in [-0.15, -0.1) is 0 Å². The first-order valence-corrected chi connectivity index (χ1v) is 8.30. The second kappa shape index (κ2) is 7.47. The van der Waals surface area contributed by atoms with Crippen LogP contribution in [0.15, 0.2) is 42.5 Å². The standard InChI is InChI=1S/C20H23NO4/c1-14-4-6-15(7-5-14)12-21-17(13-25-20(21)22)10-16-8-9-18(23-2)19(11-16)24-3/h4-9,11,17H,10,12-13H2,1-3H3. The van der Waals surface area contributed by atoms with E-state index in [1.54, 1.807) is 19.1 Å². The first kappa shape index (κ1) is 17.1. The zero-order valence-corrected chi connectivity index (χ0v) is 14.8. The molecule has 0 radical (unpaired) electrons. The molecule has 132 valence electrons. The van der Waals surface area contributed by atoms with Crippen molar-refractivity contribution < 1.29 is 19.0 Å². The molecule has 25 heavy (non-hydrogen) atoms. The molecule has 1 atom stereocenters. The maximum absolute atomic E-state index is 12.1. The lowest BCUT2D eigenvalue weighted by Gasteiger charge is -2.22. The Morgan fingerprint density at radius 2 is 1.72 bits per heavy atom. The minimum absolute atomic E-state index is 0.00639. The van der Waals surface area contributed by atoms with Crippen LogP contribution in [-0.2, 0) is 17.7 Å². The van der Waals surface area contributed by atoms with E-state index in [-0.39, 0.29) is 12.1 Å². The number of carbonyl (C=O) groups excluding carboxylic acids is 1. The highest BCUT2D eigenvalue weighted by Crippen LogP contribution is 2.29. The lowest BCUT2D eigenvalue weighted by atomic mass is 10.0. The third kappa shape index (κ3) is 3.87. The van der Waals surface area contributed by atoms with Gasteiger partial charge in [0.25, 0.3) is 0 Å². The number of benzene rings is 2. The molecule has 0 spiro atoms. The minimum Gasteiger partial charge on any atom is -0.493 e. The van der Waals surface area contributed by atoms with Crippen molar-refractivity contribution in [2.75, 3.05) is 20.8 Å². The molecule has 2 aromatic carbocycles. The molecule has 0 aromatic heterocycles. The fourth-order valence-electron chi connectivity index (χ4n) is 3.02. The molecule has 1 amide bonds. The summed E-state index contributed by atoms with van der Waals surface area (Å²) in [4.78, 5) is 13.9. The van der Waals surface area contributed by atoms with Crippen LogP contribution in [0, 0.1) is 6.92 Å². The van der Waals surface area contributed by atoms with Crippen LogP contribution in [0.1, 0.15) is 16.7 Å². The number of aryl methyl sites for hydroxylation is 1. The molecule has 1 saturated heterocycles. The predicted molar refractivity (Wildman–Crippen MR) is 95.1 cm³/mol. The lowest BCUT2D eigenvalue weighted by Crippen LogP contribution is -2.34. The van der Waals surface area contributed by atoms with Gasteiger partial charge in [0.1, 0.15) is 6.61 Å². The Morgan fingerprint density at radius 1 is 1.04 bits per heavy atom. The van der Waals surface area contributed by atoms with E-state index in [1.807, 2.05) is 25.1 Å². The fourth-order valence-corrected chi connectivity index (χ4v) is 3.02. The molecule has 1 unspecified atom stereocenters. The van der Waals surface area contributed by atoms with E-state index in [9.17, 15) is 4.79 Å². The molecular formula is C20H23NO4. The Bertz CT molecular complexity index is 742. The smallest absolute Gasteiger partial charge is 0.410 e. The number of ether oxygens (including phenoxy) is 3. The molecule has 1 heterocycles. The SMILES string of the molecule is COc1ccc(CC2COC(=O)N2Cc2ccc(C)cc2)cc1OC. The van der Waals surface area contributed by atoms with E-state index in [0.29, 0.717) is 31.1 Å². The van der Waals surface area contributed by atoms with E-state index in [1.165, 1.54) is 5.56 Å². The molecule has 5 nitrogen and oxygen atoms in total. The van der Waals surface area contributed by atoms with Gasteiger partial charge in [-0.2, -0.15) is 0 Å². The van der Waals surface area contributed by atoms with Crippen molar-refractivity contribution in [1.29, 1.82) is 0 Å². The summed E-state index contributed by atoms with van der Waals surface area (Å²) in [6.45, 7) is 3.00. The maximum Gasteiger partial charge on any atom is 0.410 e. The summed E-state index contributed by atoms with van der Waals surface area (Å²) in [6.07, 6.45) is 0.448. The normalized spacial score (nSPS) is 16.7. The number of hydrogen-bond donors (Lipinski definition) is 0. The van der Waals surface area contributed by atoms with E-state index in [2.05, 4.69) is 24.3 Å². The summed E-state index contributed by atoms with van der Waals surface area (Å²) < 4.78 is 15.9. The van der Waals surface area contributed by atoms with E-state index < -0.39 is 0 Å². The number of carbonyl (C=O) groups is 1. The van der Waals surface area contributed by atoms with Crippen LogP contribution in [0.4, 0.5) is 4.79 Å². The minimum atomic E-state index is -0.258. The Hall–Kier alpha value is -2.69. The summed E-state index contributed by atoms with van der Waals surface area (Å²) in [6, 6.07) is 14.0. The van der Waals surface area contributed by atoms with Gasteiger partial charge in [0, 0.05) is 6.54 Å². The predicted octanol–water partition coefficient (Wildman–Crippen LogP) is 3.58. The molecule has 0 N–H and O–H groups in total. The Kier molecular flexibility index (Phi) is 5.12. The highest BCUT2D eigenvalue weighted by molar-refractivity contribution is 5.70. The first-order valence-electron chi connectivity index (χ1n) is 8.30. The number of amides is 1. The Labute approximate surface area is 148 Å². The molecule has 1 fully saturated rings. The molecule has 5 heteroatoms. The van der Waals surface area contributed by atoms with Gasteiger partial charge >= 0.3 is 6.09 Å². The monoisotopic (exact) mass is 341 g/mol. The second-order valence-corrected chi connectivity index (χ2v) is 6.24. The van der Waals surface area contributed by atoms with Gasteiger partial charge in [-0.05, 0) is 36.6 Å². The van der Waals surface area contributed by atoms with Crippen molar-refractivity contribution in [3.8, 4) is 11.5 Å². The first-order chi connectivity index (χ1) is 12.1. The molecular weight excluding hydrogens is 318 g/mol. The number of cyclic esters (lactones) is 1. The van der Waals surface area contributed by atoms with Gasteiger partial charge in [0.15, 0.2) is 11.5 Å². The quantitative estimate of drug-likeness (QED) is 0.806. The molecule has 1 aliphatic heterocycles. The Balaban J connectivity index is 1.74. The van der Waals surface area contributed by atoms with Gasteiger partial charge in [0.05, 0.1) is 20.3 Å². The van der Waals surface area contributed by atoms with Gasteiger partial charge in [0.2, 0.25) is 0 Å². The average Bonchev–Trinajstić information content (AvgIpc) is 2.96. The van der Waals surface area contributed by atoms with Gasteiger partial charge in [-0.25, -0.2) is 4.79 Å². The van der Waals surface area contributed by atoms with Crippen LogP contribution >= 0.6 is 0 Å². The van der Waals surface area contributed by atoms with Gasteiger partial charge < -0.3 is 14.2 Å². The van der Waals surface area contributed by atoms with E-state index in [4.69, 9.17) is 14.2 Å². The van der Waals surface area contributed by atoms with Crippen molar-refractivity contribution in [1.82, 2.24) is 4.90 Å². The average molecular weight is 341 g/mol. The molecule has 0 bridgehead atoms. The van der Waals surface area contributed by atoms with Crippen LogP contribution in [-0.4, -0.2) is 37.9 Å². The summed E-state index contributed by atoms with van der Waals surface area (Å²) in [7, 11) is 3.23. The van der Waals surface area contributed by atoms with E-state index in [0.717, 1.165) is 11.1 Å². The van der Waals surface area contributed by atoms with Crippen molar-refractivity contribution in [3.05, 3.63) is 59.2 Å². The molecule has 3 rings (SSSR count). The number of rotatable bonds is 6. The second-order valence-electron chi connectivity index (χ2n) is 6.24. The van der Waals surface area contributed by atoms with Crippen molar-refractivity contribution in [3.63, 3.8) is 0 Å². The fraction of sp³-hybridized carbons (Fsp3) is 0.350. The highest BCUT2D eigenvalue weighted by Gasteiger charge is 2.33. The van der Waals surface area contributed by atoms with Crippen LogP contribution in [0.2, 0.25) is 0 Å². The third-order valence-electron chi connectivity index (χ3n) is 4.47. The van der Waals surface area contributed by atoms with Gasteiger partial charge in [-0.1, -0.05) is 35.9 Å². The summed E-state index contributed by atoms with van der Waals surface area (Å²) >= 11 is 0. The molecule has 1 aliphatic rings. The van der Waals surface area contributed by atoms with Crippen LogP contribution in [0.5, 0.6) is 11.5 Å². The van der Waals surface area contributed by atoms with Crippen molar-refractivity contribution in [2.24, 2.45) is 0 Å². The molecule has 0 saturated carbocycles. The molecule has 2 aromatic rings. The molecule has 0 aliphatic carbocycles. The Morgan fingerprint density at radius 3 is 2.40 bits per heavy atom. The number of methoxy groups -OCH3 is 2. The number of hydrogen-bond acceptors (Lipinski definition) is 4. The zero-order valence-electron chi connectivity index (χ0n) is 14.8. The maximum atomic E-state index is 12.1. The van der Waals surface area contributed by atoms with Crippen LogP contribution in [0.3, 0.4) is 0 Å². The third-order valence-corrected chi connectivity index (χ3v) is 4.47. The van der Waals surface area contributed by atoms with Crippen LogP contribution in [0.25, 0.3) is 0 Å². The lowest BCUT2D eigenvalue weighted by molar-refractivity contribution is 0.156. The highest BCUT2D eigenvalue weighted by atomic mass is 16.6. The summed E-state index contributed by atoms with van der Waals surface area (Å²) in [5.41, 5.74) is 3.38.